The normalized spacial score (nSPS) is 10.7. The van der Waals surface area contributed by atoms with Crippen molar-refractivity contribution in [3.05, 3.63) is 75.7 Å². The highest BCUT2D eigenvalue weighted by Gasteiger charge is 2.09. The van der Waals surface area contributed by atoms with Gasteiger partial charge in [-0.3, -0.25) is 4.57 Å². The van der Waals surface area contributed by atoms with Crippen LogP contribution in [-0.4, -0.2) is 27.1 Å². The summed E-state index contributed by atoms with van der Waals surface area (Å²) in [5.74, 6) is 1.40. The first-order valence-electron chi connectivity index (χ1n) is 7.42. The van der Waals surface area contributed by atoms with Crippen molar-refractivity contribution in [1.82, 2.24) is 14.8 Å². The quantitative estimate of drug-likeness (QED) is 0.517. The number of thioether (sulfide) groups is 1. The lowest BCUT2D eigenvalue weighted by atomic mass is 10.2. The smallest absolute Gasteiger partial charge is 0.344 e. The molecular weight excluding hydrogens is 346 g/mol. The van der Waals surface area contributed by atoms with Crippen molar-refractivity contribution in [2.75, 3.05) is 12.4 Å². The fourth-order valence-corrected chi connectivity index (χ4v) is 3.11. The maximum Gasteiger partial charge on any atom is 0.344 e. The number of ether oxygens (including phenoxy) is 1. The predicted octanol–water partition coefficient (Wildman–Crippen LogP) is 3.44. The third kappa shape index (κ3) is 4.43. The van der Waals surface area contributed by atoms with Gasteiger partial charge in [0.1, 0.15) is 5.75 Å². The number of nitrogens with one attached hydrogen (secondary N) is 1. The van der Waals surface area contributed by atoms with Crippen LogP contribution >= 0.6 is 23.4 Å². The van der Waals surface area contributed by atoms with Crippen molar-refractivity contribution in [1.29, 1.82) is 0 Å². The van der Waals surface area contributed by atoms with Crippen LogP contribution in [0.3, 0.4) is 0 Å². The molecule has 3 rings (SSSR count). The Hall–Kier alpha value is -2.18. The molecule has 0 aliphatic heterocycles. The zero-order valence-electron chi connectivity index (χ0n) is 12.8. The summed E-state index contributed by atoms with van der Waals surface area (Å²) < 4.78 is 7.27. The zero-order chi connectivity index (χ0) is 16.8. The van der Waals surface area contributed by atoms with E-state index in [2.05, 4.69) is 10.2 Å². The van der Waals surface area contributed by atoms with Gasteiger partial charge in [-0.2, -0.15) is 0 Å². The molecule has 0 saturated carbocycles. The van der Waals surface area contributed by atoms with Crippen LogP contribution in [0.2, 0.25) is 5.02 Å². The molecule has 0 bridgehead atoms. The molecule has 1 aromatic heterocycles. The number of benzene rings is 2. The average Bonchev–Trinajstić information content (AvgIpc) is 2.93. The Bertz CT molecular complexity index is 848. The second kappa shape index (κ2) is 8.08. The van der Waals surface area contributed by atoms with E-state index in [9.17, 15) is 4.79 Å². The van der Waals surface area contributed by atoms with E-state index in [4.69, 9.17) is 16.3 Å². The van der Waals surface area contributed by atoms with Crippen molar-refractivity contribution < 1.29 is 4.74 Å². The van der Waals surface area contributed by atoms with Crippen molar-refractivity contribution in [3.63, 3.8) is 0 Å². The summed E-state index contributed by atoms with van der Waals surface area (Å²) in [5, 5.41) is 7.88. The number of nitrogens with zero attached hydrogens (tertiary/aromatic N) is 2. The van der Waals surface area contributed by atoms with E-state index < -0.39 is 0 Å². The SMILES string of the molecule is O=c1[nH]nc(SCCOc2cccc(Cl)c2)n1Cc1ccccc1. The molecule has 0 aliphatic rings. The van der Waals surface area contributed by atoms with Gasteiger partial charge in [-0.05, 0) is 23.8 Å². The van der Waals surface area contributed by atoms with E-state index in [1.54, 1.807) is 16.7 Å². The Balaban J connectivity index is 1.57. The van der Waals surface area contributed by atoms with E-state index in [0.29, 0.717) is 29.1 Å². The molecular formula is C17H16ClN3O2S. The van der Waals surface area contributed by atoms with Crippen molar-refractivity contribution >= 4 is 23.4 Å². The second-order valence-electron chi connectivity index (χ2n) is 5.04. The number of hydrogen-bond acceptors (Lipinski definition) is 4. The van der Waals surface area contributed by atoms with Gasteiger partial charge >= 0.3 is 5.69 Å². The third-order valence-electron chi connectivity index (χ3n) is 3.29. The van der Waals surface area contributed by atoms with Gasteiger partial charge in [-0.1, -0.05) is 59.8 Å². The summed E-state index contributed by atoms with van der Waals surface area (Å²) in [6.45, 7) is 0.991. The van der Waals surface area contributed by atoms with E-state index in [0.717, 1.165) is 11.3 Å². The maximum atomic E-state index is 11.9. The largest absolute Gasteiger partial charge is 0.493 e. The minimum atomic E-state index is -0.211. The van der Waals surface area contributed by atoms with Gasteiger partial charge in [0.15, 0.2) is 5.16 Å². The molecule has 7 heteroatoms. The molecule has 0 amide bonds. The Morgan fingerprint density at radius 3 is 2.79 bits per heavy atom. The van der Waals surface area contributed by atoms with Crippen LogP contribution in [0.15, 0.2) is 64.5 Å². The summed E-state index contributed by atoms with van der Waals surface area (Å²) in [5.41, 5.74) is 0.843. The number of aromatic nitrogens is 3. The minimum Gasteiger partial charge on any atom is -0.493 e. The van der Waals surface area contributed by atoms with Gasteiger partial charge in [0, 0.05) is 10.8 Å². The molecule has 0 saturated heterocycles. The number of halogens is 1. The van der Waals surface area contributed by atoms with Crippen LogP contribution < -0.4 is 10.4 Å². The lowest BCUT2D eigenvalue weighted by Gasteiger charge is -2.07. The zero-order valence-corrected chi connectivity index (χ0v) is 14.4. The third-order valence-corrected chi connectivity index (χ3v) is 4.46. The summed E-state index contributed by atoms with van der Waals surface area (Å²) in [6, 6.07) is 17.1. The molecule has 2 aromatic carbocycles. The van der Waals surface area contributed by atoms with Crippen molar-refractivity contribution in [2.45, 2.75) is 11.7 Å². The highest BCUT2D eigenvalue weighted by molar-refractivity contribution is 7.99. The van der Waals surface area contributed by atoms with E-state index in [1.807, 2.05) is 42.5 Å². The fraction of sp³-hybridized carbons (Fsp3) is 0.176. The van der Waals surface area contributed by atoms with Crippen LogP contribution in [0, 0.1) is 0 Å². The first-order valence-corrected chi connectivity index (χ1v) is 8.79. The topological polar surface area (TPSA) is 59.9 Å². The maximum absolute atomic E-state index is 11.9. The van der Waals surface area contributed by atoms with Crippen molar-refractivity contribution in [2.24, 2.45) is 0 Å². The van der Waals surface area contributed by atoms with E-state index in [1.165, 1.54) is 11.8 Å². The number of H-pyrrole nitrogens is 1. The highest BCUT2D eigenvalue weighted by Crippen LogP contribution is 2.19. The van der Waals surface area contributed by atoms with E-state index in [-0.39, 0.29) is 5.69 Å². The van der Waals surface area contributed by atoms with Gasteiger partial charge in [0.2, 0.25) is 0 Å². The second-order valence-corrected chi connectivity index (χ2v) is 6.54. The highest BCUT2D eigenvalue weighted by atomic mass is 35.5. The number of aromatic amines is 1. The van der Waals surface area contributed by atoms with Crippen LogP contribution in [-0.2, 0) is 6.54 Å². The number of rotatable bonds is 7. The lowest BCUT2D eigenvalue weighted by Crippen LogP contribution is -2.18. The van der Waals surface area contributed by atoms with Crippen molar-refractivity contribution in [3.8, 4) is 5.75 Å². The van der Waals surface area contributed by atoms with Gasteiger partial charge in [0.25, 0.3) is 0 Å². The molecule has 0 unspecified atom stereocenters. The Kier molecular flexibility index (Phi) is 5.61. The molecule has 0 aliphatic carbocycles. The summed E-state index contributed by atoms with van der Waals surface area (Å²) in [6.07, 6.45) is 0. The molecule has 3 aromatic rings. The summed E-state index contributed by atoms with van der Waals surface area (Å²) in [7, 11) is 0. The first-order chi connectivity index (χ1) is 11.7. The van der Waals surface area contributed by atoms with Crippen LogP contribution in [0.25, 0.3) is 0 Å². The van der Waals surface area contributed by atoms with Gasteiger partial charge in [0.05, 0.1) is 13.2 Å². The molecule has 24 heavy (non-hydrogen) atoms. The molecule has 1 heterocycles. The predicted molar refractivity (Wildman–Crippen MR) is 96.1 cm³/mol. The molecule has 0 atom stereocenters. The average molecular weight is 362 g/mol. The summed E-state index contributed by atoms with van der Waals surface area (Å²) in [4.78, 5) is 11.9. The van der Waals surface area contributed by atoms with Crippen LogP contribution in [0.4, 0.5) is 0 Å². The van der Waals surface area contributed by atoms with Gasteiger partial charge in [-0.15, -0.1) is 5.10 Å². The molecule has 5 nitrogen and oxygen atoms in total. The van der Waals surface area contributed by atoms with Crippen LogP contribution in [0.5, 0.6) is 5.75 Å². The lowest BCUT2D eigenvalue weighted by molar-refractivity contribution is 0.344. The Morgan fingerprint density at radius 2 is 2.00 bits per heavy atom. The Morgan fingerprint density at radius 1 is 1.17 bits per heavy atom. The minimum absolute atomic E-state index is 0.211. The molecule has 0 fully saturated rings. The van der Waals surface area contributed by atoms with Gasteiger partial charge < -0.3 is 4.74 Å². The molecule has 1 N–H and O–H groups in total. The van der Waals surface area contributed by atoms with E-state index >= 15 is 0 Å². The van der Waals surface area contributed by atoms with Gasteiger partial charge in [-0.25, -0.2) is 9.89 Å². The molecule has 0 spiro atoms. The standard InChI is InChI=1S/C17H16ClN3O2S/c18-14-7-4-8-15(11-14)23-9-10-24-17-20-19-16(22)21(17)12-13-5-2-1-3-6-13/h1-8,11H,9-10,12H2,(H,19,22). The molecule has 0 radical (unpaired) electrons. The Labute approximate surface area is 148 Å². The van der Waals surface area contributed by atoms with Crippen LogP contribution in [0.1, 0.15) is 5.56 Å². The number of hydrogen-bond donors (Lipinski definition) is 1. The first kappa shape index (κ1) is 16.7. The summed E-state index contributed by atoms with van der Waals surface area (Å²) >= 11 is 7.39. The molecule has 124 valence electrons. The monoisotopic (exact) mass is 361 g/mol. The fourth-order valence-electron chi connectivity index (χ4n) is 2.17.